The Balaban J connectivity index is 3.10. The Morgan fingerprint density at radius 1 is 1.03 bits per heavy atom. The summed E-state index contributed by atoms with van der Waals surface area (Å²) in [5.41, 5.74) is 6.23. The summed E-state index contributed by atoms with van der Waals surface area (Å²) in [6, 6.07) is -4.53. The quantitative estimate of drug-likeness (QED) is 0.189. The van der Waals surface area contributed by atoms with Crippen molar-refractivity contribution < 1.29 is 29.4 Å². The van der Waals surface area contributed by atoms with Crippen LogP contribution in [0.5, 0.6) is 0 Å². The molecule has 0 saturated heterocycles. The second-order valence-electron chi connectivity index (χ2n) is 8.55. The summed E-state index contributed by atoms with van der Waals surface area (Å²) in [5.74, 6) is -3.91. The number of amides is 3. The zero-order valence-electron chi connectivity index (χ0n) is 19.7. The monoisotopic (exact) mass is 468 g/mol. The molecule has 0 aromatic carbocycles. The van der Waals surface area contributed by atoms with Crippen LogP contribution in [0.3, 0.4) is 0 Å². The Hall–Kier alpha value is -2.99. The van der Waals surface area contributed by atoms with Crippen molar-refractivity contribution in [2.24, 2.45) is 17.6 Å². The summed E-state index contributed by atoms with van der Waals surface area (Å²) in [4.78, 5) is 56.7. The fourth-order valence-electron chi connectivity index (χ4n) is 3.02. The first-order chi connectivity index (χ1) is 15.4. The summed E-state index contributed by atoms with van der Waals surface area (Å²) in [5, 5.41) is 26.6. The van der Waals surface area contributed by atoms with Gasteiger partial charge in [-0.1, -0.05) is 34.1 Å². The SMILES string of the molecule is CCC(C)C(NC(=O)C(N)C(C)O)C(=O)NC(Cc1cnc[nH]1)C(=O)NC(C(=O)O)C(C)C. The molecule has 0 aliphatic heterocycles. The number of H-pyrrole nitrogens is 1. The van der Waals surface area contributed by atoms with Gasteiger partial charge in [0.2, 0.25) is 17.7 Å². The van der Waals surface area contributed by atoms with Crippen molar-refractivity contribution >= 4 is 23.7 Å². The van der Waals surface area contributed by atoms with Gasteiger partial charge < -0.3 is 36.9 Å². The number of carbonyl (C=O) groups excluding carboxylic acids is 3. The lowest BCUT2D eigenvalue weighted by Crippen LogP contribution is -2.60. The molecule has 8 N–H and O–H groups in total. The molecule has 6 atom stereocenters. The number of carboxylic acid groups (broad SMARTS) is 1. The largest absolute Gasteiger partial charge is 0.480 e. The first-order valence-corrected chi connectivity index (χ1v) is 10.9. The maximum absolute atomic E-state index is 13.1. The molecular formula is C21H36N6O6. The van der Waals surface area contributed by atoms with E-state index in [0.29, 0.717) is 12.1 Å². The minimum Gasteiger partial charge on any atom is -0.480 e. The van der Waals surface area contributed by atoms with Crippen LogP contribution in [-0.4, -0.2) is 74.1 Å². The van der Waals surface area contributed by atoms with E-state index in [9.17, 15) is 29.4 Å². The number of nitrogens with two attached hydrogens (primary N) is 1. The summed E-state index contributed by atoms with van der Waals surface area (Å²) in [6.07, 6.45) is 2.34. The number of carboxylic acids is 1. The van der Waals surface area contributed by atoms with E-state index in [0.717, 1.165) is 0 Å². The van der Waals surface area contributed by atoms with Gasteiger partial charge in [0.15, 0.2) is 0 Å². The highest BCUT2D eigenvalue weighted by atomic mass is 16.4. The predicted octanol–water partition coefficient (Wildman–Crippen LogP) is -1.10. The van der Waals surface area contributed by atoms with E-state index in [1.807, 2.05) is 6.92 Å². The third-order valence-electron chi connectivity index (χ3n) is 5.46. The third kappa shape index (κ3) is 8.46. The molecule has 0 spiro atoms. The minimum atomic E-state index is -1.23. The van der Waals surface area contributed by atoms with E-state index in [1.165, 1.54) is 19.4 Å². The molecule has 1 aromatic heterocycles. The number of hydrogen-bond acceptors (Lipinski definition) is 7. The molecule has 186 valence electrons. The highest BCUT2D eigenvalue weighted by Gasteiger charge is 2.33. The molecule has 0 fully saturated rings. The van der Waals surface area contributed by atoms with E-state index < -0.39 is 54.0 Å². The molecule has 0 radical (unpaired) electrons. The molecule has 0 bridgehead atoms. The van der Waals surface area contributed by atoms with Crippen molar-refractivity contribution in [2.45, 2.75) is 77.7 Å². The number of nitrogens with one attached hydrogen (secondary N) is 4. The number of carbonyl (C=O) groups is 4. The van der Waals surface area contributed by atoms with Crippen LogP contribution >= 0.6 is 0 Å². The molecule has 0 aliphatic rings. The first-order valence-electron chi connectivity index (χ1n) is 10.9. The van der Waals surface area contributed by atoms with Crippen LogP contribution < -0.4 is 21.7 Å². The average Bonchev–Trinajstić information content (AvgIpc) is 3.26. The summed E-state index contributed by atoms with van der Waals surface area (Å²) in [7, 11) is 0. The molecule has 0 saturated carbocycles. The number of rotatable bonds is 13. The van der Waals surface area contributed by atoms with E-state index in [-0.39, 0.29) is 18.3 Å². The van der Waals surface area contributed by atoms with Crippen LogP contribution in [0.4, 0.5) is 0 Å². The number of nitrogens with zero attached hydrogens (tertiary/aromatic N) is 1. The van der Waals surface area contributed by atoms with Gasteiger partial charge in [-0.05, 0) is 18.8 Å². The fourth-order valence-corrected chi connectivity index (χ4v) is 3.02. The molecule has 12 heteroatoms. The van der Waals surface area contributed by atoms with E-state index in [1.54, 1.807) is 20.8 Å². The van der Waals surface area contributed by atoms with Crippen molar-refractivity contribution in [2.75, 3.05) is 0 Å². The van der Waals surface area contributed by atoms with Crippen molar-refractivity contribution in [3.8, 4) is 0 Å². The molecule has 3 amide bonds. The summed E-state index contributed by atoms with van der Waals surface area (Å²) in [6.45, 7) is 8.26. The lowest BCUT2D eigenvalue weighted by molar-refractivity contribution is -0.143. The molecule has 1 aromatic rings. The van der Waals surface area contributed by atoms with E-state index in [4.69, 9.17) is 5.73 Å². The fraction of sp³-hybridized carbons (Fsp3) is 0.667. The zero-order valence-corrected chi connectivity index (χ0v) is 19.7. The van der Waals surface area contributed by atoms with E-state index >= 15 is 0 Å². The van der Waals surface area contributed by atoms with Gasteiger partial charge in [-0.25, -0.2) is 9.78 Å². The Morgan fingerprint density at radius 3 is 2.09 bits per heavy atom. The number of aliphatic carboxylic acids is 1. The molecule has 1 heterocycles. The lowest BCUT2D eigenvalue weighted by Gasteiger charge is -2.28. The molecule has 1 rings (SSSR count). The number of aromatic amines is 1. The van der Waals surface area contributed by atoms with Crippen molar-refractivity contribution in [3.05, 3.63) is 18.2 Å². The summed E-state index contributed by atoms with van der Waals surface area (Å²) >= 11 is 0. The number of hydrogen-bond donors (Lipinski definition) is 7. The second-order valence-corrected chi connectivity index (χ2v) is 8.55. The van der Waals surface area contributed by atoms with Crippen LogP contribution in [0.2, 0.25) is 0 Å². The maximum Gasteiger partial charge on any atom is 0.326 e. The maximum atomic E-state index is 13.1. The topological polar surface area (TPSA) is 200 Å². The summed E-state index contributed by atoms with van der Waals surface area (Å²) < 4.78 is 0. The average molecular weight is 469 g/mol. The number of aliphatic hydroxyl groups is 1. The van der Waals surface area contributed by atoms with Crippen molar-refractivity contribution in [1.82, 2.24) is 25.9 Å². The second kappa shape index (κ2) is 12.9. The number of aromatic nitrogens is 2. The first kappa shape index (κ1) is 28.0. The lowest BCUT2D eigenvalue weighted by atomic mass is 9.96. The highest BCUT2D eigenvalue weighted by molar-refractivity contribution is 5.94. The van der Waals surface area contributed by atoms with Crippen molar-refractivity contribution in [1.29, 1.82) is 0 Å². The van der Waals surface area contributed by atoms with Gasteiger partial charge in [0.25, 0.3) is 0 Å². The van der Waals surface area contributed by atoms with E-state index in [2.05, 4.69) is 25.9 Å². The molecule has 33 heavy (non-hydrogen) atoms. The van der Waals surface area contributed by atoms with Crippen LogP contribution in [0.1, 0.15) is 46.7 Å². The highest BCUT2D eigenvalue weighted by Crippen LogP contribution is 2.11. The number of aliphatic hydroxyl groups excluding tert-OH is 1. The van der Waals surface area contributed by atoms with Gasteiger partial charge in [-0.3, -0.25) is 14.4 Å². The van der Waals surface area contributed by atoms with Crippen LogP contribution in [0.15, 0.2) is 12.5 Å². The van der Waals surface area contributed by atoms with Gasteiger partial charge >= 0.3 is 5.97 Å². The Bertz CT molecular complexity index is 797. The van der Waals surface area contributed by atoms with Crippen LogP contribution in [0, 0.1) is 11.8 Å². The Labute approximate surface area is 193 Å². The predicted molar refractivity (Wildman–Crippen MR) is 120 cm³/mol. The number of imidazole rings is 1. The van der Waals surface area contributed by atoms with Gasteiger partial charge in [0.1, 0.15) is 24.2 Å². The van der Waals surface area contributed by atoms with Gasteiger partial charge in [0.05, 0.1) is 12.4 Å². The van der Waals surface area contributed by atoms with Crippen LogP contribution in [-0.2, 0) is 25.6 Å². The molecular weight excluding hydrogens is 432 g/mol. The molecule has 6 unspecified atom stereocenters. The zero-order chi connectivity index (χ0) is 25.3. The molecule has 12 nitrogen and oxygen atoms in total. The Kier molecular flexibility index (Phi) is 11.0. The van der Waals surface area contributed by atoms with Gasteiger partial charge in [-0.15, -0.1) is 0 Å². The molecule has 0 aliphatic carbocycles. The third-order valence-corrected chi connectivity index (χ3v) is 5.46. The minimum absolute atomic E-state index is 0.0242. The smallest absolute Gasteiger partial charge is 0.326 e. The van der Waals surface area contributed by atoms with Gasteiger partial charge in [-0.2, -0.15) is 0 Å². The normalized spacial score (nSPS) is 16.7. The van der Waals surface area contributed by atoms with Crippen LogP contribution in [0.25, 0.3) is 0 Å². The Morgan fingerprint density at radius 2 is 1.64 bits per heavy atom. The van der Waals surface area contributed by atoms with Gasteiger partial charge in [0, 0.05) is 18.3 Å². The standard InChI is InChI=1S/C21H36N6O6/c1-6-11(4)17(27-19(30)15(22)12(5)28)20(31)25-14(7-13-8-23-9-24-13)18(29)26-16(10(2)3)21(32)33/h8-12,14-17,28H,6-7,22H2,1-5H3,(H,23,24)(H,25,31)(H,26,29)(H,27,30)(H,32,33). The van der Waals surface area contributed by atoms with Crippen molar-refractivity contribution in [3.63, 3.8) is 0 Å².